The second-order valence-electron chi connectivity index (χ2n) is 3.06. The first-order valence-electron chi connectivity index (χ1n) is 4.63. The molecule has 0 N–H and O–H groups in total. The summed E-state index contributed by atoms with van der Waals surface area (Å²) in [5, 5.41) is 3.59. The van der Waals surface area contributed by atoms with Gasteiger partial charge in [-0.2, -0.15) is 13.8 Å². The molecule has 0 saturated carbocycles. The molecule has 7 heteroatoms. The highest BCUT2D eigenvalue weighted by Gasteiger charge is 2.10. The van der Waals surface area contributed by atoms with Crippen LogP contribution < -0.4 is 4.74 Å². The van der Waals surface area contributed by atoms with Gasteiger partial charge in [-0.1, -0.05) is 11.2 Å². The maximum atomic E-state index is 12.0. The van der Waals surface area contributed by atoms with Crippen molar-refractivity contribution in [1.29, 1.82) is 0 Å². The predicted molar refractivity (Wildman–Crippen MR) is 55.9 cm³/mol. The fraction of sp³-hybridized carbons (Fsp3) is 0.200. The van der Waals surface area contributed by atoms with Gasteiger partial charge in [-0.15, -0.1) is 11.6 Å². The van der Waals surface area contributed by atoms with Crippen LogP contribution in [0.1, 0.15) is 5.82 Å². The molecule has 4 nitrogen and oxygen atoms in total. The first-order valence-corrected chi connectivity index (χ1v) is 5.16. The fourth-order valence-electron chi connectivity index (χ4n) is 1.23. The minimum Gasteiger partial charge on any atom is -0.435 e. The average molecular weight is 261 g/mol. The van der Waals surface area contributed by atoms with Gasteiger partial charge < -0.3 is 9.26 Å². The molecule has 1 heterocycles. The van der Waals surface area contributed by atoms with Crippen LogP contribution in [0.25, 0.3) is 11.5 Å². The number of halogens is 3. The number of alkyl halides is 3. The van der Waals surface area contributed by atoms with Crippen molar-refractivity contribution in [3.05, 3.63) is 30.1 Å². The van der Waals surface area contributed by atoms with E-state index in [1.54, 1.807) is 12.1 Å². The number of nitrogens with zero attached hydrogens (tertiary/aromatic N) is 2. The van der Waals surface area contributed by atoms with Crippen molar-refractivity contribution in [1.82, 2.24) is 10.1 Å². The molecule has 0 amide bonds. The molecule has 0 spiro atoms. The summed E-state index contributed by atoms with van der Waals surface area (Å²) < 4.78 is 33.2. The van der Waals surface area contributed by atoms with Crippen LogP contribution in [0, 0.1) is 0 Å². The van der Waals surface area contributed by atoms with Crippen LogP contribution in [0.5, 0.6) is 5.75 Å². The summed E-state index contributed by atoms with van der Waals surface area (Å²) in [6.07, 6.45) is 0. The van der Waals surface area contributed by atoms with Gasteiger partial charge in [-0.25, -0.2) is 0 Å². The Hall–Kier alpha value is -1.69. The molecule has 0 atom stereocenters. The third-order valence-corrected chi connectivity index (χ3v) is 2.13. The molecule has 0 aliphatic heterocycles. The van der Waals surface area contributed by atoms with Gasteiger partial charge in [-0.3, -0.25) is 0 Å². The van der Waals surface area contributed by atoms with Crippen LogP contribution in [-0.4, -0.2) is 16.8 Å². The molecule has 2 rings (SSSR count). The van der Waals surface area contributed by atoms with Gasteiger partial charge in [0.25, 0.3) is 5.89 Å². The molecule has 0 fully saturated rings. The summed E-state index contributed by atoms with van der Waals surface area (Å²) >= 11 is 5.52. The van der Waals surface area contributed by atoms with Gasteiger partial charge in [0.2, 0.25) is 0 Å². The number of aromatic nitrogens is 2. The SMILES string of the molecule is FC(F)Oc1cccc(-c2nc(CCl)no2)c1. The Morgan fingerprint density at radius 1 is 1.41 bits per heavy atom. The van der Waals surface area contributed by atoms with Gasteiger partial charge in [0.1, 0.15) is 5.75 Å². The molecule has 90 valence electrons. The van der Waals surface area contributed by atoms with Gasteiger partial charge in [0, 0.05) is 5.56 Å². The average Bonchev–Trinajstić information content (AvgIpc) is 2.77. The van der Waals surface area contributed by atoms with E-state index in [1.807, 2.05) is 0 Å². The Balaban J connectivity index is 2.26. The highest BCUT2D eigenvalue weighted by Crippen LogP contribution is 2.23. The van der Waals surface area contributed by atoms with Crippen molar-refractivity contribution in [3.63, 3.8) is 0 Å². The van der Waals surface area contributed by atoms with E-state index in [0.29, 0.717) is 11.4 Å². The second kappa shape index (κ2) is 5.09. The Bertz CT molecular complexity index is 505. The normalized spacial score (nSPS) is 10.8. The molecule has 0 saturated heterocycles. The standard InChI is InChI=1S/C10H7ClF2N2O2/c11-5-8-14-9(17-15-8)6-2-1-3-7(4-6)16-10(12)13/h1-4,10H,5H2. The summed E-state index contributed by atoms with van der Waals surface area (Å²) in [5.41, 5.74) is 0.493. The zero-order valence-electron chi connectivity index (χ0n) is 8.44. The third kappa shape index (κ3) is 2.91. The Morgan fingerprint density at radius 3 is 2.88 bits per heavy atom. The van der Waals surface area contributed by atoms with E-state index >= 15 is 0 Å². The van der Waals surface area contributed by atoms with Crippen LogP contribution in [0.3, 0.4) is 0 Å². The minimum atomic E-state index is -2.87. The molecular formula is C10H7ClF2N2O2. The molecule has 1 aromatic carbocycles. The monoisotopic (exact) mass is 260 g/mol. The van der Waals surface area contributed by atoms with E-state index in [1.165, 1.54) is 12.1 Å². The first kappa shape index (κ1) is 11.8. The molecule has 0 radical (unpaired) electrons. The molecule has 0 aliphatic rings. The zero-order valence-corrected chi connectivity index (χ0v) is 9.19. The third-order valence-electron chi connectivity index (χ3n) is 1.89. The van der Waals surface area contributed by atoms with Gasteiger partial charge >= 0.3 is 6.61 Å². The second-order valence-corrected chi connectivity index (χ2v) is 3.32. The van der Waals surface area contributed by atoms with Crippen LogP contribution >= 0.6 is 11.6 Å². The van der Waals surface area contributed by atoms with Gasteiger partial charge in [0.05, 0.1) is 5.88 Å². The van der Waals surface area contributed by atoms with E-state index in [0.717, 1.165) is 0 Å². The minimum absolute atomic E-state index is 0.0307. The molecule has 17 heavy (non-hydrogen) atoms. The lowest BCUT2D eigenvalue weighted by molar-refractivity contribution is -0.0498. The molecular weight excluding hydrogens is 254 g/mol. The quantitative estimate of drug-likeness (QED) is 0.793. The summed E-state index contributed by atoms with van der Waals surface area (Å²) in [7, 11) is 0. The summed E-state index contributed by atoms with van der Waals surface area (Å²) in [6, 6.07) is 5.99. The van der Waals surface area contributed by atoms with E-state index in [-0.39, 0.29) is 17.5 Å². The van der Waals surface area contributed by atoms with Crippen molar-refractivity contribution in [3.8, 4) is 17.2 Å². The maximum Gasteiger partial charge on any atom is 0.387 e. The Labute approximate surface area is 100 Å². The van der Waals surface area contributed by atoms with Crippen molar-refractivity contribution in [2.45, 2.75) is 12.5 Å². The molecule has 0 aliphatic carbocycles. The summed E-state index contributed by atoms with van der Waals surface area (Å²) in [5.74, 6) is 0.696. The summed E-state index contributed by atoms with van der Waals surface area (Å²) in [6.45, 7) is -2.87. The van der Waals surface area contributed by atoms with Crippen LogP contribution in [0.2, 0.25) is 0 Å². The summed E-state index contributed by atoms with van der Waals surface area (Å²) in [4.78, 5) is 3.97. The van der Waals surface area contributed by atoms with Crippen molar-refractivity contribution in [2.24, 2.45) is 0 Å². The van der Waals surface area contributed by atoms with E-state index < -0.39 is 6.61 Å². The number of rotatable bonds is 4. The predicted octanol–water partition coefficient (Wildman–Crippen LogP) is 3.08. The lowest BCUT2D eigenvalue weighted by Crippen LogP contribution is -2.01. The Kier molecular flexibility index (Phi) is 3.53. The van der Waals surface area contributed by atoms with Gasteiger partial charge in [0.15, 0.2) is 5.82 Å². The van der Waals surface area contributed by atoms with E-state index in [4.69, 9.17) is 16.1 Å². The maximum absolute atomic E-state index is 12.0. The number of benzene rings is 1. The largest absolute Gasteiger partial charge is 0.435 e. The van der Waals surface area contributed by atoms with E-state index in [9.17, 15) is 8.78 Å². The lowest BCUT2D eigenvalue weighted by Gasteiger charge is -2.04. The molecule has 1 aromatic heterocycles. The molecule has 0 unspecified atom stereocenters. The first-order chi connectivity index (χ1) is 8.19. The van der Waals surface area contributed by atoms with E-state index in [2.05, 4.69) is 14.9 Å². The van der Waals surface area contributed by atoms with Crippen molar-refractivity contribution in [2.75, 3.05) is 0 Å². The fourth-order valence-corrected chi connectivity index (χ4v) is 1.34. The van der Waals surface area contributed by atoms with Gasteiger partial charge in [-0.05, 0) is 18.2 Å². The smallest absolute Gasteiger partial charge is 0.387 e. The highest BCUT2D eigenvalue weighted by molar-refractivity contribution is 6.16. The van der Waals surface area contributed by atoms with Crippen LogP contribution in [-0.2, 0) is 5.88 Å². The molecule has 0 bridgehead atoms. The van der Waals surface area contributed by atoms with Crippen LogP contribution in [0.4, 0.5) is 8.78 Å². The highest BCUT2D eigenvalue weighted by atomic mass is 35.5. The number of hydrogen-bond acceptors (Lipinski definition) is 4. The van der Waals surface area contributed by atoms with Crippen LogP contribution in [0.15, 0.2) is 28.8 Å². The topological polar surface area (TPSA) is 48.2 Å². The molecule has 2 aromatic rings. The van der Waals surface area contributed by atoms with Crippen molar-refractivity contribution < 1.29 is 18.0 Å². The number of ether oxygens (including phenoxy) is 1. The van der Waals surface area contributed by atoms with Crippen molar-refractivity contribution >= 4 is 11.6 Å². The zero-order chi connectivity index (χ0) is 12.3. The number of hydrogen-bond donors (Lipinski definition) is 0. The lowest BCUT2D eigenvalue weighted by atomic mass is 10.2. The Morgan fingerprint density at radius 2 is 2.24 bits per heavy atom.